The fourth-order valence-corrected chi connectivity index (χ4v) is 5.54. The van der Waals surface area contributed by atoms with E-state index in [-0.39, 0.29) is 24.7 Å². The van der Waals surface area contributed by atoms with Crippen molar-refractivity contribution >= 4 is 11.5 Å². The highest BCUT2D eigenvalue weighted by Gasteiger charge is 2.53. The van der Waals surface area contributed by atoms with E-state index in [0.29, 0.717) is 47.9 Å². The van der Waals surface area contributed by atoms with Crippen LogP contribution in [-0.4, -0.2) is 86.0 Å². The lowest BCUT2D eigenvalue weighted by atomic mass is 9.83. The summed E-state index contributed by atoms with van der Waals surface area (Å²) in [5.74, 6) is -0.0663. The summed E-state index contributed by atoms with van der Waals surface area (Å²) in [5.41, 5.74) is 1.26. The predicted octanol–water partition coefficient (Wildman–Crippen LogP) is 3.10. The standard InChI is InChI=1S/C27H37NO9/c1-6-28(7-2)26(30)20-15(12-17-22(24(20)31-5)34-14-33-17)16-13-18(35-19-10-8-9-11-32-19)23-25(21(16)29)37-27(3,4)36-23/h12-13,18-19,21,23,25,29H,6-11,14H2,1-5H3/t18-,19?,21+,23+,25-/m0/s1. The summed E-state index contributed by atoms with van der Waals surface area (Å²) in [7, 11) is 1.49. The van der Waals surface area contributed by atoms with E-state index in [9.17, 15) is 9.90 Å². The van der Waals surface area contributed by atoms with E-state index < -0.39 is 30.2 Å². The number of aliphatic hydroxyl groups is 1. The molecule has 2 fully saturated rings. The van der Waals surface area contributed by atoms with E-state index in [4.69, 9.17) is 33.2 Å². The van der Waals surface area contributed by atoms with Crippen molar-refractivity contribution in [2.24, 2.45) is 0 Å². The number of aliphatic hydroxyl groups excluding tert-OH is 1. The van der Waals surface area contributed by atoms with E-state index in [1.54, 1.807) is 11.0 Å². The summed E-state index contributed by atoms with van der Waals surface area (Å²) in [5, 5.41) is 11.6. The molecule has 0 bridgehead atoms. The van der Waals surface area contributed by atoms with Crippen LogP contribution < -0.4 is 14.2 Å². The highest BCUT2D eigenvalue weighted by molar-refractivity contribution is 6.04. The first-order valence-corrected chi connectivity index (χ1v) is 13.1. The molecule has 3 aliphatic heterocycles. The Hall–Kier alpha value is -2.37. The molecule has 1 aromatic carbocycles. The monoisotopic (exact) mass is 519 g/mol. The van der Waals surface area contributed by atoms with Crippen LogP contribution >= 0.6 is 0 Å². The Morgan fingerprint density at radius 1 is 1.16 bits per heavy atom. The maximum Gasteiger partial charge on any atom is 0.258 e. The Balaban J connectivity index is 1.64. The maximum absolute atomic E-state index is 13.8. The zero-order chi connectivity index (χ0) is 26.3. The third-order valence-electron chi connectivity index (χ3n) is 7.31. The molecule has 1 aromatic rings. The quantitative estimate of drug-likeness (QED) is 0.582. The van der Waals surface area contributed by atoms with Gasteiger partial charge in [-0.3, -0.25) is 4.79 Å². The molecular formula is C27H37NO9. The molecule has 0 saturated carbocycles. The van der Waals surface area contributed by atoms with Gasteiger partial charge in [0.05, 0.1) is 12.7 Å². The van der Waals surface area contributed by atoms with Crippen LogP contribution in [0.25, 0.3) is 5.57 Å². The van der Waals surface area contributed by atoms with Crippen molar-refractivity contribution in [3.05, 3.63) is 23.3 Å². The molecule has 3 heterocycles. The van der Waals surface area contributed by atoms with Gasteiger partial charge in [0.25, 0.3) is 5.91 Å². The summed E-state index contributed by atoms with van der Waals surface area (Å²) in [6, 6.07) is 1.73. The maximum atomic E-state index is 13.8. The molecule has 10 nitrogen and oxygen atoms in total. The number of hydrogen-bond donors (Lipinski definition) is 1. The van der Waals surface area contributed by atoms with Crippen LogP contribution in [0.3, 0.4) is 0 Å². The zero-order valence-corrected chi connectivity index (χ0v) is 22.2. The highest BCUT2D eigenvalue weighted by atomic mass is 16.8. The number of ether oxygens (including phenoxy) is 7. The lowest BCUT2D eigenvalue weighted by molar-refractivity contribution is -0.208. The molecule has 204 valence electrons. The number of carbonyl (C=O) groups is 1. The molecule has 1 aliphatic carbocycles. The van der Waals surface area contributed by atoms with Gasteiger partial charge in [-0.2, -0.15) is 0 Å². The number of methoxy groups -OCH3 is 1. The lowest BCUT2D eigenvalue weighted by Gasteiger charge is -2.37. The van der Waals surface area contributed by atoms with Crippen molar-refractivity contribution in [3.8, 4) is 17.2 Å². The van der Waals surface area contributed by atoms with Gasteiger partial charge in [-0.15, -0.1) is 0 Å². The number of carbonyl (C=O) groups excluding carboxylic acids is 1. The van der Waals surface area contributed by atoms with Gasteiger partial charge in [-0.05, 0) is 64.7 Å². The van der Waals surface area contributed by atoms with Crippen molar-refractivity contribution < 1.29 is 43.1 Å². The first-order chi connectivity index (χ1) is 17.8. The zero-order valence-electron chi connectivity index (χ0n) is 22.2. The Morgan fingerprint density at radius 3 is 2.59 bits per heavy atom. The second-order valence-corrected chi connectivity index (χ2v) is 10.1. The van der Waals surface area contributed by atoms with Gasteiger partial charge in [0.2, 0.25) is 12.5 Å². The van der Waals surface area contributed by atoms with Crippen molar-refractivity contribution in [1.29, 1.82) is 0 Å². The summed E-state index contributed by atoms with van der Waals surface area (Å²) >= 11 is 0. The van der Waals surface area contributed by atoms with E-state index >= 15 is 0 Å². The van der Waals surface area contributed by atoms with Crippen LogP contribution in [-0.2, 0) is 18.9 Å². The Bertz CT molecular complexity index is 1040. The Morgan fingerprint density at radius 2 is 1.92 bits per heavy atom. The molecule has 1 N–H and O–H groups in total. The number of benzene rings is 1. The van der Waals surface area contributed by atoms with Crippen LogP contribution in [0.2, 0.25) is 0 Å². The minimum absolute atomic E-state index is 0.0102. The molecule has 1 amide bonds. The van der Waals surface area contributed by atoms with Crippen LogP contribution in [0, 0.1) is 0 Å². The summed E-state index contributed by atoms with van der Waals surface area (Å²) in [6.45, 7) is 9.11. The number of hydrogen-bond acceptors (Lipinski definition) is 9. The molecule has 2 saturated heterocycles. The first-order valence-electron chi connectivity index (χ1n) is 13.1. The van der Waals surface area contributed by atoms with Gasteiger partial charge in [-0.25, -0.2) is 0 Å². The topological polar surface area (TPSA) is 105 Å². The smallest absolute Gasteiger partial charge is 0.258 e. The van der Waals surface area contributed by atoms with Crippen LogP contribution in [0.5, 0.6) is 17.2 Å². The van der Waals surface area contributed by atoms with Gasteiger partial charge in [0.15, 0.2) is 23.6 Å². The normalized spacial score (nSPS) is 30.0. The average molecular weight is 520 g/mol. The van der Waals surface area contributed by atoms with E-state index in [0.717, 1.165) is 19.3 Å². The average Bonchev–Trinajstić information content (AvgIpc) is 3.49. The van der Waals surface area contributed by atoms with Crippen LogP contribution in [0.4, 0.5) is 0 Å². The SMILES string of the molecule is CCN(CC)C(=O)c1c(C2=C[C@H](OC3CCCCO3)[C@H]3OC(C)(C)O[C@H]3[C@@H]2O)cc2c(c1OC)OCO2. The second kappa shape index (κ2) is 10.4. The van der Waals surface area contributed by atoms with Crippen LogP contribution in [0.15, 0.2) is 12.1 Å². The third-order valence-corrected chi connectivity index (χ3v) is 7.31. The molecule has 10 heteroatoms. The second-order valence-electron chi connectivity index (χ2n) is 10.1. The van der Waals surface area contributed by atoms with Gasteiger partial charge < -0.3 is 43.2 Å². The van der Waals surface area contributed by atoms with Gasteiger partial charge in [-0.1, -0.05) is 0 Å². The van der Waals surface area contributed by atoms with E-state index in [1.807, 2.05) is 33.8 Å². The summed E-state index contributed by atoms with van der Waals surface area (Å²) in [4.78, 5) is 15.5. The predicted molar refractivity (Wildman–Crippen MR) is 133 cm³/mol. The number of rotatable bonds is 7. The minimum atomic E-state index is -1.09. The third kappa shape index (κ3) is 4.81. The van der Waals surface area contributed by atoms with E-state index in [2.05, 4.69) is 0 Å². The molecule has 37 heavy (non-hydrogen) atoms. The molecule has 4 aliphatic rings. The van der Waals surface area contributed by atoms with Crippen LogP contribution in [0.1, 0.15) is 62.9 Å². The number of nitrogens with zero attached hydrogens (tertiary/aromatic N) is 1. The molecule has 5 atom stereocenters. The summed E-state index contributed by atoms with van der Waals surface area (Å²) in [6.07, 6.45) is 1.30. The highest BCUT2D eigenvalue weighted by Crippen LogP contribution is 2.49. The van der Waals surface area contributed by atoms with Crippen molar-refractivity contribution in [2.75, 3.05) is 33.6 Å². The number of amides is 1. The first kappa shape index (κ1) is 26.2. The van der Waals surface area contributed by atoms with Crippen molar-refractivity contribution in [3.63, 3.8) is 0 Å². The van der Waals surface area contributed by atoms with Gasteiger partial charge in [0, 0.05) is 25.3 Å². The van der Waals surface area contributed by atoms with E-state index in [1.165, 1.54) is 7.11 Å². The van der Waals surface area contributed by atoms with Crippen molar-refractivity contribution in [1.82, 2.24) is 4.90 Å². The molecular weight excluding hydrogens is 482 g/mol. The van der Waals surface area contributed by atoms with Gasteiger partial charge in [0.1, 0.15) is 24.4 Å². The molecule has 0 aromatic heterocycles. The fraction of sp³-hybridized carbons (Fsp3) is 0.667. The van der Waals surface area contributed by atoms with Gasteiger partial charge >= 0.3 is 0 Å². The summed E-state index contributed by atoms with van der Waals surface area (Å²) < 4.78 is 41.6. The fourth-order valence-electron chi connectivity index (χ4n) is 5.54. The molecule has 0 spiro atoms. The molecule has 5 rings (SSSR count). The van der Waals surface area contributed by atoms with Crippen molar-refractivity contribution in [2.45, 2.75) is 83.5 Å². The number of fused-ring (bicyclic) bond motifs is 2. The molecule has 0 radical (unpaired) electrons. The Labute approximate surface area is 217 Å². The minimum Gasteiger partial charge on any atom is -0.492 e. The lowest BCUT2D eigenvalue weighted by Crippen LogP contribution is -2.48. The molecule has 1 unspecified atom stereocenters. The largest absolute Gasteiger partial charge is 0.492 e. The Kier molecular flexibility index (Phi) is 7.39.